The first kappa shape index (κ1) is 12.2. The summed E-state index contributed by atoms with van der Waals surface area (Å²) in [5, 5.41) is 28.6. The molecule has 0 aromatic heterocycles. The summed E-state index contributed by atoms with van der Waals surface area (Å²) in [6.07, 6.45) is -7.56. The maximum atomic E-state index is 11.2. The Hall–Kier alpha value is -1.22. The van der Waals surface area contributed by atoms with Crippen LogP contribution in [0.3, 0.4) is 0 Å². The third-order valence-electron chi connectivity index (χ3n) is 2.63. The van der Waals surface area contributed by atoms with E-state index in [1.54, 1.807) is 0 Å². The summed E-state index contributed by atoms with van der Waals surface area (Å²) in [5.41, 5.74) is 0. The van der Waals surface area contributed by atoms with Crippen molar-refractivity contribution in [2.75, 3.05) is 6.61 Å². The summed E-state index contributed by atoms with van der Waals surface area (Å²) in [6, 6.07) is 0. The van der Waals surface area contributed by atoms with Crippen LogP contribution < -0.4 is 0 Å². The molecule has 5 atom stereocenters. The average Bonchev–Trinajstić information content (AvgIpc) is 2.29. The van der Waals surface area contributed by atoms with E-state index < -0.39 is 49.1 Å². The maximum Gasteiger partial charge on any atom is 0.317 e. The highest BCUT2D eigenvalue weighted by molar-refractivity contribution is 5.91. The van der Waals surface area contributed by atoms with Crippen LogP contribution >= 0.6 is 0 Å². The number of carbonyl (C=O) groups is 2. The molecule has 0 aromatic rings. The molecule has 0 spiro atoms. The van der Waals surface area contributed by atoms with Gasteiger partial charge in [-0.3, -0.25) is 9.59 Å². The molecule has 8 nitrogen and oxygen atoms in total. The van der Waals surface area contributed by atoms with Gasteiger partial charge >= 0.3 is 11.9 Å². The monoisotopic (exact) mass is 248 g/mol. The Labute approximate surface area is 95.7 Å². The molecule has 0 aliphatic carbocycles. The van der Waals surface area contributed by atoms with Gasteiger partial charge in [0.05, 0.1) is 0 Å². The van der Waals surface area contributed by atoms with E-state index >= 15 is 0 Å². The van der Waals surface area contributed by atoms with Crippen molar-refractivity contribution in [3.63, 3.8) is 0 Å². The number of rotatable bonds is 0. The second-order valence-electron chi connectivity index (χ2n) is 3.86. The molecule has 2 saturated heterocycles. The number of aliphatic hydroxyl groups excluding tert-OH is 3. The molecule has 96 valence electrons. The quantitative estimate of drug-likeness (QED) is 0.312. The minimum atomic E-state index is -1.61. The van der Waals surface area contributed by atoms with Gasteiger partial charge in [-0.25, -0.2) is 0 Å². The Bertz CT molecular complexity index is 329. The number of cyclic esters (lactones) is 1. The van der Waals surface area contributed by atoms with Crippen LogP contribution in [-0.4, -0.2) is 64.6 Å². The average molecular weight is 248 g/mol. The zero-order valence-electron chi connectivity index (χ0n) is 8.68. The van der Waals surface area contributed by atoms with Crippen LogP contribution in [0.25, 0.3) is 0 Å². The predicted molar refractivity (Wildman–Crippen MR) is 48.3 cm³/mol. The molecule has 2 bridgehead atoms. The van der Waals surface area contributed by atoms with E-state index in [4.69, 9.17) is 9.47 Å². The summed E-state index contributed by atoms with van der Waals surface area (Å²) in [4.78, 5) is 22.3. The highest BCUT2D eigenvalue weighted by Crippen LogP contribution is 2.24. The summed E-state index contributed by atoms with van der Waals surface area (Å²) in [7, 11) is 0. The van der Waals surface area contributed by atoms with Gasteiger partial charge in [0.1, 0.15) is 31.3 Å². The lowest BCUT2D eigenvalue weighted by atomic mass is 9.99. The molecule has 2 aliphatic rings. The molecule has 17 heavy (non-hydrogen) atoms. The normalized spacial score (nSPS) is 42.9. The maximum absolute atomic E-state index is 11.2. The highest BCUT2D eigenvalue weighted by atomic mass is 16.7. The Balaban J connectivity index is 2.22. The second kappa shape index (κ2) is 4.57. The molecule has 2 heterocycles. The van der Waals surface area contributed by atoms with Crippen molar-refractivity contribution < 1.29 is 39.1 Å². The lowest BCUT2D eigenvalue weighted by molar-refractivity contribution is -0.288. The first-order chi connectivity index (χ1) is 7.99. The van der Waals surface area contributed by atoms with Crippen molar-refractivity contribution in [3.8, 4) is 0 Å². The Kier molecular flexibility index (Phi) is 3.29. The molecule has 0 aromatic carbocycles. The van der Waals surface area contributed by atoms with Crippen LogP contribution in [0, 0.1) is 0 Å². The van der Waals surface area contributed by atoms with E-state index in [1.165, 1.54) is 0 Å². The van der Waals surface area contributed by atoms with Gasteiger partial charge in [0.2, 0.25) is 0 Å². The van der Waals surface area contributed by atoms with E-state index in [-0.39, 0.29) is 6.61 Å². The van der Waals surface area contributed by atoms with Gasteiger partial charge in [-0.1, -0.05) is 0 Å². The number of aliphatic hydroxyl groups is 3. The van der Waals surface area contributed by atoms with Crippen molar-refractivity contribution >= 4 is 11.9 Å². The molecule has 0 unspecified atom stereocenters. The largest absolute Gasteiger partial charge is 0.462 e. The fourth-order valence-electron chi connectivity index (χ4n) is 1.73. The van der Waals surface area contributed by atoms with Gasteiger partial charge in [-0.2, -0.15) is 0 Å². The van der Waals surface area contributed by atoms with E-state index in [0.717, 1.165) is 0 Å². The molecule has 8 heteroatoms. The van der Waals surface area contributed by atoms with E-state index in [0.29, 0.717) is 0 Å². The van der Waals surface area contributed by atoms with Crippen molar-refractivity contribution in [2.24, 2.45) is 0 Å². The van der Waals surface area contributed by atoms with Crippen molar-refractivity contribution in [2.45, 2.75) is 37.1 Å². The summed E-state index contributed by atoms with van der Waals surface area (Å²) in [6.45, 7) is -0.322. The minimum absolute atomic E-state index is 0.322. The van der Waals surface area contributed by atoms with Gasteiger partial charge < -0.3 is 29.5 Å². The van der Waals surface area contributed by atoms with Crippen LogP contribution in [-0.2, 0) is 23.8 Å². The fourth-order valence-corrected chi connectivity index (χ4v) is 1.73. The molecule has 3 N–H and O–H groups in total. The van der Waals surface area contributed by atoms with Gasteiger partial charge in [-0.05, 0) is 0 Å². The molecular weight excluding hydrogens is 236 g/mol. The molecule has 2 aliphatic heterocycles. The predicted octanol–water partition coefficient (Wildman–Crippen LogP) is -2.72. The number of fused-ring (bicyclic) bond motifs is 2. The minimum Gasteiger partial charge on any atom is -0.462 e. The third-order valence-corrected chi connectivity index (χ3v) is 2.63. The smallest absolute Gasteiger partial charge is 0.317 e. The molecule has 2 fully saturated rings. The van der Waals surface area contributed by atoms with Crippen LogP contribution in [0.2, 0.25) is 0 Å². The van der Waals surface area contributed by atoms with Crippen molar-refractivity contribution in [1.29, 1.82) is 0 Å². The fraction of sp³-hybridized carbons (Fsp3) is 0.778. The van der Waals surface area contributed by atoms with Crippen LogP contribution in [0.1, 0.15) is 6.42 Å². The SMILES string of the molecule is O=C1CC(=O)O[C@@H]2[C@@H](O)[C@H](O)O[C@H](CO1)[C@H]2O. The molecule has 0 amide bonds. The first-order valence-electron chi connectivity index (χ1n) is 5.04. The molecule has 2 rings (SSSR count). The van der Waals surface area contributed by atoms with E-state index in [2.05, 4.69) is 4.74 Å². The van der Waals surface area contributed by atoms with Gasteiger partial charge in [0.15, 0.2) is 12.4 Å². The lowest BCUT2D eigenvalue weighted by Gasteiger charge is -2.39. The lowest BCUT2D eigenvalue weighted by Crippen LogP contribution is -2.59. The Morgan fingerprint density at radius 3 is 2.47 bits per heavy atom. The zero-order valence-corrected chi connectivity index (χ0v) is 8.68. The van der Waals surface area contributed by atoms with Crippen molar-refractivity contribution in [1.82, 2.24) is 0 Å². The van der Waals surface area contributed by atoms with Crippen LogP contribution in [0.4, 0.5) is 0 Å². The standard InChI is InChI=1S/C9H12O8/c10-4-1-5(11)17-8-6(12)3(2-15-4)16-9(14)7(8)13/h3,6-9,12-14H,1-2H2/t3-,6-,7-,8+,9-/m1/s1. The number of hydrogen-bond acceptors (Lipinski definition) is 8. The van der Waals surface area contributed by atoms with E-state index in [1.807, 2.05) is 0 Å². The summed E-state index contributed by atoms with van der Waals surface area (Å²) in [5.74, 6) is -1.75. The van der Waals surface area contributed by atoms with Crippen LogP contribution in [0.5, 0.6) is 0 Å². The number of hydrogen-bond donors (Lipinski definition) is 3. The summed E-state index contributed by atoms with van der Waals surface area (Å²) >= 11 is 0. The topological polar surface area (TPSA) is 123 Å². The zero-order chi connectivity index (χ0) is 12.6. The number of carbonyl (C=O) groups excluding carboxylic acids is 2. The Morgan fingerprint density at radius 2 is 1.76 bits per heavy atom. The highest BCUT2D eigenvalue weighted by Gasteiger charge is 2.47. The molecule has 0 radical (unpaired) electrons. The first-order valence-corrected chi connectivity index (χ1v) is 5.04. The molecular formula is C9H12O8. The van der Waals surface area contributed by atoms with Gasteiger partial charge in [0.25, 0.3) is 0 Å². The second-order valence-corrected chi connectivity index (χ2v) is 3.86. The Morgan fingerprint density at radius 1 is 1.06 bits per heavy atom. The summed E-state index contributed by atoms with van der Waals surface area (Å²) < 4.78 is 14.2. The number of esters is 2. The van der Waals surface area contributed by atoms with Gasteiger partial charge in [-0.15, -0.1) is 0 Å². The van der Waals surface area contributed by atoms with Crippen LogP contribution in [0.15, 0.2) is 0 Å². The molecule has 0 saturated carbocycles. The third kappa shape index (κ3) is 2.39. The van der Waals surface area contributed by atoms with Gasteiger partial charge in [0, 0.05) is 0 Å². The number of ether oxygens (including phenoxy) is 3. The van der Waals surface area contributed by atoms with Crippen molar-refractivity contribution in [3.05, 3.63) is 0 Å². The van der Waals surface area contributed by atoms with E-state index in [9.17, 15) is 24.9 Å².